The summed E-state index contributed by atoms with van der Waals surface area (Å²) in [6.07, 6.45) is 5.86. The van der Waals surface area contributed by atoms with Crippen molar-refractivity contribution in [2.75, 3.05) is 13.2 Å². The lowest BCUT2D eigenvalue weighted by molar-refractivity contribution is -0.137. The molecule has 1 fully saturated rings. The molecule has 3 rings (SSSR count). The van der Waals surface area contributed by atoms with Gasteiger partial charge in [0.05, 0.1) is 10.9 Å². The van der Waals surface area contributed by atoms with E-state index in [0.717, 1.165) is 36.7 Å². The third-order valence-electron chi connectivity index (χ3n) is 4.26. The maximum absolute atomic E-state index is 12.4. The Morgan fingerprint density at radius 1 is 1.32 bits per heavy atom. The quantitative estimate of drug-likeness (QED) is 0.871. The van der Waals surface area contributed by atoms with Crippen LogP contribution < -0.4 is 4.74 Å². The highest BCUT2D eigenvalue weighted by Gasteiger charge is 2.25. The average Bonchev–Trinajstić information content (AvgIpc) is 2.59. The molecule has 0 bridgehead atoms. The summed E-state index contributed by atoms with van der Waals surface area (Å²) in [6, 6.07) is 8.00. The molecule has 0 N–H and O–H groups in total. The van der Waals surface area contributed by atoms with Gasteiger partial charge < -0.3 is 9.64 Å². The molecule has 0 unspecified atom stereocenters. The molecule has 116 valence electrons. The van der Waals surface area contributed by atoms with Crippen molar-refractivity contribution < 1.29 is 9.53 Å². The highest BCUT2D eigenvalue weighted by Crippen LogP contribution is 2.22. The molecule has 0 saturated carbocycles. The van der Waals surface area contributed by atoms with Crippen LogP contribution in [0.4, 0.5) is 0 Å². The number of rotatable bonds is 4. The number of carbonyl (C=O) groups is 1. The summed E-state index contributed by atoms with van der Waals surface area (Å²) in [5.41, 5.74) is 0.823. The molecule has 2 aromatic rings. The number of hydrogen-bond donors (Lipinski definition) is 0. The third kappa shape index (κ3) is 3.03. The molecule has 0 spiro atoms. The van der Waals surface area contributed by atoms with E-state index in [1.807, 2.05) is 29.2 Å². The first-order valence-corrected chi connectivity index (χ1v) is 7.91. The van der Waals surface area contributed by atoms with E-state index >= 15 is 0 Å². The van der Waals surface area contributed by atoms with E-state index in [4.69, 9.17) is 4.74 Å². The average molecular weight is 299 g/mol. The van der Waals surface area contributed by atoms with Gasteiger partial charge in [-0.05, 0) is 37.8 Å². The zero-order chi connectivity index (χ0) is 15.4. The maximum Gasteiger partial charge on any atom is 0.260 e. The predicted molar refractivity (Wildman–Crippen MR) is 84.7 cm³/mol. The largest absolute Gasteiger partial charge is 0.467 e. The minimum absolute atomic E-state index is 0.0392. The Balaban J connectivity index is 1.69. The minimum atomic E-state index is 0.0392. The molecular formula is C17H21N3O2. The summed E-state index contributed by atoms with van der Waals surface area (Å²) in [5, 5.41) is 0.837. The van der Waals surface area contributed by atoms with E-state index in [1.165, 1.54) is 12.7 Å². The number of piperidine rings is 1. The van der Waals surface area contributed by atoms with Crippen LogP contribution in [-0.2, 0) is 4.79 Å². The lowest BCUT2D eigenvalue weighted by atomic mass is 10.00. The summed E-state index contributed by atoms with van der Waals surface area (Å²) in [5.74, 6) is 0.526. The van der Waals surface area contributed by atoms with Crippen molar-refractivity contribution in [3.05, 3.63) is 30.6 Å². The van der Waals surface area contributed by atoms with Crippen LogP contribution >= 0.6 is 0 Å². The smallest absolute Gasteiger partial charge is 0.260 e. The van der Waals surface area contributed by atoms with Gasteiger partial charge in [-0.2, -0.15) is 0 Å². The van der Waals surface area contributed by atoms with Crippen molar-refractivity contribution in [2.45, 2.75) is 38.6 Å². The van der Waals surface area contributed by atoms with Gasteiger partial charge in [-0.3, -0.25) is 4.79 Å². The number of ether oxygens (including phenoxy) is 1. The maximum atomic E-state index is 12.4. The Hall–Kier alpha value is -2.17. The first-order valence-electron chi connectivity index (χ1n) is 7.91. The van der Waals surface area contributed by atoms with Crippen LogP contribution in [0.25, 0.3) is 10.9 Å². The SMILES string of the molecule is CC[C@H]1CCCCN1C(=O)COc1ncnc2ccccc12. The normalized spacial score (nSPS) is 18.4. The van der Waals surface area contributed by atoms with E-state index in [0.29, 0.717) is 11.9 Å². The molecule has 2 heterocycles. The molecule has 1 aromatic carbocycles. The van der Waals surface area contributed by atoms with Crippen molar-refractivity contribution >= 4 is 16.8 Å². The molecule has 0 aliphatic carbocycles. The van der Waals surface area contributed by atoms with Crippen LogP contribution in [0.1, 0.15) is 32.6 Å². The van der Waals surface area contributed by atoms with Gasteiger partial charge in [-0.1, -0.05) is 19.1 Å². The standard InChI is InChI=1S/C17H21N3O2/c1-2-13-7-5-6-10-20(13)16(21)11-22-17-14-8-3-4-9-15(14)18-12-19-17/h3-4,8-9,12-13H,2,5-7,10-11H2,1H3/t13-/m0/s1. The number of hydrogen-bond acceptors (Lipinski definition) is 4. The summed E-state index contributed by atoms with van der Waals surface area (Å²) in [7, 11) is 0. The Labute approximate surface area is 130 Å². The number of carbonyl (C=O) groups excluding carboxylic acids is 1. The Bertz CT molecular complexity index is 654. The summed E-state index contributed by atoms with van der Waals surface area (Å²) in [6.45, 7) is 3.01. The number of nitrogens with zero attached hydrogens (tertiary/aromatic N) is 3. The minimum Gasteiger partial charge on any atom is -0.467 e. The van der Waals surface area contributed by atoms with Crippen LogP contribution in [0.15, 0.2) is 30.6 Å². The molecule has 5 heteroatoms. The number of fused-ring (bicyclic) bond motifs is 1. The zero-order valence-corrected chi connectivity index (χ0v) is 12.9. The Kier molecular flexibility index (Phi) is 4.51. The highest BCUT2D eigenvalue weighted by atomic mass is 16.5. The highest BCUT2D eigenvalue weighted by molar-refractivity contribution is 5.84. The second kappa shape index (κ2) is 6.73. The van der Waals surface area contributed by atoms with Crippen molar-refractivity contribution in [1.82, 2.24) is 14.9 Å². The van der Waals surface area contributed by atoms with Gasteiger partial charge in [0.2, 0.25) is 5.88 Å². The summed E-state index contributed by atoms with van der Waals surface area (Å²) in [4.78, 5) is 22.8. The van der Waals surface area contributed by atoms with Gasteiger partial charge in [-0.25, -0.2) is 9.97 Å². The first kappa shape index (κ1) is 14.8. The van der Waals surface area contributed by atoms with Crippen molar-refractivity contribution in [3.63, 3.8) is 0 Å². The van der Waals surface area contributed by atoms with E-state index < -0.39 is 0 Å². The number of benzene rings is 1. The van der Waals surface area contributed by atoms with Crippen LogP contribution in [0, 0.1) is 0 Å². The fourth-order valence-electron chi connectivity index (χ4n) is 3.06. The van der Waals surface area contributed by atoms with Gasteiger partial charge in [0.15, 0.2) is 6.61 Å². The molecule has 1 amide bonds. The van der Waals surface area contributed by atoms with Gasteiger partial charge in [0.1, 0.15) is 6.33 Å². The van der Waals surface area contributed by atoms with Crippen LogP contribution in [0.5, 0.6) is 5.88 Å². The van der Waals surface area contributed by atoms with Gasteiger partial charge in [0.25, 0.3) is 5.91 Å². The first-order chi connectivity index (χ1) is 10.8. The second-order valence-corrected chi connectivity index (χ2v) is 5.63. The summed E-state index contributed by atoms with van der Waals surface area (Å²) < 4.78 is 5.68. The molecule has 1 aromatic heterocycles. The zero-order valence-electron chi connectivity index (χ0n) is 12.9. The van der Waals surface area contributed by atoms with E-state index in [2.05, 4.69) is 16.9 Å². The van der Waals surface area contributed by atoms with Crippen molar-refractivity contribution in [2.24, 2.45) is 0 Å². The number of aromatic nitrogens is 2. The lowest BCUT2D eigenvalue weighted by Gasteiger charge is -2.35. The molecule has 1 atom stereocenters. The second-order valence-electron chi connectivity index (χ2n) is 5.63. The lowest BCUT2D eigenvalue weighted by Crippen LogP contribution is -2.45. The van der Waals surface area contributed by atoms with Crippen molar-refractivity contribution in [3.8, 4) is 5.88 Å². The molecule has 0 radical (unpaired) electrons. The predicted octanol–water partition coefficient (Wildman–Crippen LogP) is 2.80. The molecule has 22 heavy (non-hydrogen) atoms. The van der Waals surface area contributed by atoms with E-state index in [1.54, 1.807) is 0 Å². The number of para-hydroxylation sites is 1. The fourth-order valence-corrected chi connectivity index (χ4v) is 3.06. The van der Waals surface area contributed by atoms with E-state index in [9.17, 15) is 4.79 Å². The van der Waals surface area contributed by atoms with E-state index in [-0.39, 0.29) is 12.5 Å². The van der Waals surface area contributed by atoms with Crippen molar-refractivity contribution in [1.29, 1.82) is 0 Å². The van der Waals surface area contributed by atoms with Gasteiger partial charge in [0, 0.05) is 12.6 Å². The monoisotopic (exact) mass is 299 g/mol. The topological polar surface area (TPSA) is 55.3 Å². The third-order valence-corrected chi connectivity index (χ3v) is 4.26. The van der Waals surface area contributed by atoms with Gasteiger partial charge >= 0.3 is 0 Å². The Morgan fingerprint density at radius 2 is 2.18 bits per heavy atom. The van der Waals surface area contributed by atoms with Crippen LogP contribution in [0.2, 0.25) is 0 Å². The van der Waals surface area contributed by atoms with Gasteiger partial charge in [-0.15, -0.1) is 0 Å². The molecule has 1 saturated heterocycles. The molecular weight excluding hydrogens is 278 g/mol. The summed E-state index contributed by atoms with van der Waals surface area (Å²) >= 11 is 0. The van der Waals surface area contributed by atoms with Crippen LogP contribution in [0.3, 0.4) is 0 Å². The number of likely N-dealkylation sites (tertiary alicyclic amines) is 1. The fraction of sp³-hybridized carbons (Fsp3) is 0.471. The molecule has 5 nitrogen and oxygen atoms in total. The molecule has 1 aliphatic rings. The van der Waals surface area contributed by atoms with Crippen LogP contribution in [-0.4, -0.2) is 40.0 Å². The Morgan fingerprint density at radius 3 is 3.05 bits per heavy atom. The number of amides is 1. The molecule has 1 aliphatic heterocycles.